The van der Waals surface area contributed by atoms with Crippen molar-refractivity contribution in [3.05, 3.63) is 35.4 Å². The maximum atomic E-state index is 3.69. The van der Waals surface area contributed by atoms with Crippen LogP contribution in [-0.4, -0.2) is 7.05 Å². The molecule has 0 aliphatic heterocycles. The number of benzene rings is 1. The van der Waals surface area contributed by atoms with Crippen molar-refractivity contribution < 1.29 is 0 Å². The molecule has 4 unspecified atom stereocenters. The monoisotopic (exact) mass is 229 g/mol. The third kappa shape index (κ3) is 1.48. The Labute approximate surface area is 105 Å². The van der Waals surface area contributed by atoms with Crippen LogP contribution in [0.25, 0.3) is 0 Å². The van der Waals surface area contributed by atoms with E-state index in [1.807, 2.05) is 0 Å². The van der Waals surface area contributed by atoms with Gasteiger partial charge in [0.25, 0.3) is 0 Å². The molecule has 1 N–H and O–H groups in total. The predicted octanol–water partition coefficient (Wildman–Crippen LogP) is 3.34. The maximum Gasteiger partial charge on any atom is 0.0469 e. The molecular weight excluding hydrogens is 206 g/mol. The van der Waals surface area contributed by atoms with Crippen molar-refractivity contribution in [1.29, 1.82) is 0 Å². The van der Waals surface area contributed by atoms with Crippen molar-refractivity contribution in [2.45, 2.75) is 38.6 Å². The van der Waals surface area contributed by atoms with Crippen molar-refractivity contribution in [3.63, 3.8) is 0 Å². The number of rotatable bonds is 1. The molecule has 1 fully saturated rings. The van der Waals surface area contributed by atoms with Crippen LogP contribution in [0.1, 0.15) is 37.8 Å². The summed E-state index contributed by atoms with van der Waals surface area (Å²) in [6, 6.07) is 9.05. The van der Waals surface area contributed by atoms with Gasteiger partial charge in [0, 0.05) is 5.54 Å². The fourth-order valence-electron chi connectivity index (χ4n) is 4.19. The lowest BCUT2D eigenvalue weighted by Gasteiger charge is -2.46. The molecule has 0 heterocycles. The zero-order valence-electron chi connectivity index (χ0n) is 11.2. The van der Waals surface area contributed by atoms with E-state index in [1.54, 1.807) is 11.1 Å². The van der Waals surface area contributed by atoms with Crippen molar-refractivity contribution in [2.75, 3.05) is 7.05 Å². The maximum absolute atomic E-state index is 3.69. The summed E-state index contributed by atoms with van der Waals surface area (Å²) in [5.41, 5.74) is 3.42. The van der Waals surface area contributed by atoms with Gasteiger partial charge >= 0.3 is 0 Å². The van der Waals surface area contributed by atoms with E-state index in [-0.39, 0.29) is 5.54 Å². The van der Waals surface area contributed by atoms with Gasteiger partial charge in [-0.2, -0.15) is 0 Å². The minimum absolute atomic E-state index is 0.266. The second kappa shape index (κ2) is 3.84. The minimum atomic E-state index is 0.266. The van der Waals surface area contributed by atoms with E-state index in [4.69, 9.17) is 0 Å². The Balaban J connectivity index is 2.07. The van der Waals surface area contributed by atoms with Crippen molar-refractivity contribution in [1.82, 2.24) is 5.32 Å². The molecule has 1 aromatic rings. The first-order chi connectivity index (χ1) is 8.17. The van der Waals surface area contributed by atoms with Crippen LogP contribution in [0.3, 0.4) is 0 Å². The van der Waals surface area contributed by atoms with Gasteiger partial charge in [0.1, 0.15) is 0 Å². The van der Waals surface area contributed by atoms with Gasteiger partial charge in [-0.15, -0.1) is 0 Å². The Hall–Kier alpha value is -0.820. The van der Waals surface area contributed by atoms with Crippen LogP contribution in [-0.2, 0) is 12.0 Å². The van der Waals surface area contributed by atoms with Crippen LogP contribution < -0.4 is 5.32 Å². The summed E-state index contributed by atoms with van der Waals surface area (Å²) in [5, 5.41) is 3.69. The standard InChI is InChI=1S/C16H23N/c1-11-8-14-9-13-6-4-5-7-15(13)16(14,17-3)10-12(11)2/h4-7,11-12,14,17H,8-10H2,1-3H3. The molecule has 0 bridgehead atoms. The highest BCUT2D eigenvalue weighted by Crippen LogP contribution is 2.52. The summed E-state index contributed by atoms with van der Waals surface area (Å²) in [6.45, 7) is 4.84. The molecule has 2 aliphatic rings. The van der Waals surface area contributed by atoms with Gasteiger partial charge in [0.15, 0.2) is 0 Å². The van der Waals surface area contributed by atoms with Crippen LogP contribution >= 0.6 is 0 Å². The number of nitrogens with one attached hydrogen (secondary N) is 1. The van der Waals surface area contributed by atoms with E-state index in [0.717, 1.165) is 17.8 Å². The first kappa shape index (κ1) is 11.3. The van der Waals surface area contributed by atoms with Crippen molar-refractivity contribution in [3.8, 4) is 0 Å². The van der Waals surface area contributed by atoms with Crippen molar-refractivity contribution in [2.24, 2.45) is 17.8 Å². The zero-order valence-corrected chi connectivity index (χ0v) is 11.2. The predicted molar refractivity (Wildman–Crippen MR) is 71.9 cm³/mol. The largest absolute Gasteiger partial charge is 0.310 e. The number of fused-ring (bicyclic) bond motifs is 3. The van der Waals surface area contributed by atoms with Crippen LogP contribution in [0.5, 0.6) is 0 Å². The zero-order chi connectivity index (χ0) is 12.0. The molecule has 1 saturated carbocycles. The molecule has 1 nitrogen and oxygen atoms in total. The average Bonchev–Trinajstić information content (AvgIpc) is 2.64. The molecule has 1 aromatic carbocycles. The Kier molecular flexibility index (Phi) is 2.55. The first-order valence-corrected chi connectivity index (χ1v) is 6.94. The molecule has 0 aromatic heterocycles. The fraction of sp³-hybridized carbons (Fsp3) is 0.625. The van der Waals surface area contributed by atoms with Gasteiger partial charge in [-0.05, 0) is 55.2 Å². The summed E-state index contributed by atoms with van der Waals surface area (Å²) >= 11 is 0. The van der Waals surface area contributed by atoms with E-state index in [1.165, 1.54) is 19.3 Å². The highest BCUT2D eigenvalue weighted by molar-refractivity contribution is 5.41. The third-order valence-electron chi connectivity index (χ3n) is 5.38. The van der Waals surface area contributed by atoms with Gasteiger partial charge in [-0.3, -0.25) is 0 Å². The molecule has 0 radical (unpaired) electrons. The van der Waals surface area contributed by atoms with E-state index >= 15 is 0 Å². The minimum Gasteiger partial charge on any atom is -0.310 e. The van der Waals surface area contributed by atoms with Crippen LogP contribution in [0.2, 0.25) is 0 Å². The molecule has 17 heavy (non-hydrogen) atoms. The molecule has 0 spiro atoms. The third-order valence-corrected chi connectivity index (χ3v) is 5.38. The summed E-state index contributed by atoms with van der Waals surface area (Å²) in [7, 11) is 2.15. The summed E-state index contributed by atoms with van der Waals surface area (Å²) < 4.78 is 0. The highest BCUT2D eigenvalue weighted by Gasteiger charge is 2.49. The molecule has 2 aliphatic carbocycles. The van der Waals surface area contributed by atoms with E-state index in [2.05, 4.69) is 50.5 Å². The number of hydrogen-bond donors (Lipinski definition) is 1. The Morgan fingerprint density at radius 2 is 1.94 bits per heavy atom. The van der Waals surface area contributed by atoms with Gasteiger partial charge in [0.2, 0.25) is 0 Å². The van der Waals surface area contributed by atoms with E-state index in [9.17, 15) is 0 Å². The van der Waals surface area contributed by atoms with E-state index < -0.39 is 0 Å². The summed E-state index contributed by atoms with van der Waals surface area (Å²) in [6.07, 6.45) is 3.94. The van der Waals surface area contributed by atoms with Gasteiger partial charge in [-0.25, -0.2) is 0 Å². The highest BCUT2D eigenvalue weighted by atomic mass is 15.0. The Morgan fingerprint density at radius 3 is 2.71 bits per heavy atom. The molecule has 1 heteroatoms. The first-order valence-electron chi connectivity index (χ1n) is 6.94. The van der Waals surface area contributed by atoms with Crippen LogP contribution in [0, 0.1) is 17.8 Å². The lowest BCUT2D eigenvalue weighted by atomic mass is 9.65. The second-order valence-electron chi connectivity index (χ2n) is 6.17. The molecule has 3 rings (SSSR count). The average molecular weight is 229 g/mol. The van der Waals surface area contributed by atoms with Gasteiger partial charge in [-0.1, -0.05) is 38.1 Å². The summed E-state index contributed by atoms with van der Waals surface area (Å²) in [5.74, 6) is 2.50. The smallest absolute Gasteiger partial charge is 0.0469 e. The molecule has 4 atom stereocenters. The Bertz CT molecular complexity index is 425. The number of hydrogen-bond acceptors (Lipinski definition) is 1. The normalized spacial score (nSPS) is 39.8. The lowest BCUT2D eigenvalue weighted by Crippen LogP contribution is -2.49. The second-order valence-corrected chi connectivity index (χ2v) is 6.17. The van der Waals surface area contributed by atoms with Crippen LogP contribution in [0.15, 0.2) is 24.3 Å². The molecular formula is C16H23N. The molecule has 0 saturated heterocycles. The fourth-order valence-corrected chi connectivity index (χ4v) is 4.19. The molecule has 92 valence electrons. The van der Waals surface area contributed by atoms with Gasteiger partial charge in [0.05, 0.1) is 0 Å². The Morgan fingerprint density at radius 1 is 1.18 bits per heavy atom. The molecule has 0 amide bonds. The van der Waals surface area contributed by atoms with Crippen LogP contribution in [0.4, 0.5) is 0 Å². The topological polar surface area (TPSA) is 12.0 Å². The van der Waals surface area contributed by atoms with E-state index in [0.29, 0.717) is 0 Å². The summed E-state index contributed by atoms with van der Waals surface area (Å²) in [4.78, 5) is 0. The van der Waals surface area contributed by atoms with Crippen molar-refractivity contribution >= 4 is 0 Å². The van der Waals surface area contributed by atoms with Gasteiger partial charge < -0.3 is 5.32 Å². The lowest BCUT2D eigenvalue weighted by molar-refractivity contribution is 0.0890. The quantitative estimate of drug-likeness (QED) is 0.779. The SMILES string of the molecule is CNC12CC(C)C(C)CC1Cc1ccccc12.